The second-order valence-corrected chi connectivity index (χ2v) is 4.19. The van der Waals surface area contributed by atoms with Gasteiger partial charge < -0.3 is 10.5 Å². The van der Waals surface area contributed by atoms with E-state index in [1.807, 2.05) is 33.0 Å². The molecule has 2 N–H and O–H groups in total. The summed E-state index contributed by atoms with van der Waals surface area (Å²) in [6.07, 6.45) is 5.39. The average Bonchev–Trinajstić information content (AvgIpc) is 2.59. The van der Waals surface area contributed by atoms with Crippen LogP contribution in [0.15, 0.2) is 24.7 Å². The third-order valence-electron chi connectivity index (χ3n) is 2.27. The molecule has 2 aromatic rings. The first kappa shape index (κ1) is 11.4. The number of nitrogens with zero attached hydrogens (tertiary/aromatic N) is 3. The van der Waals surface area contributed by atoms with Crippen molar-refractivity contribution in [1.29, 1.82) is 0 Å². The zero-order valence-electron chi connectivity index (χ0n) is 10.2. The van der Waals surface area contributed by atoms with E-state index >= 15 is 0 Å². The van der Waals surface area contributed by atoms with Crippen LogP contribution in [0.1, 0.15) is 19.4 Å². The molecule has 0 aliphatic heterocycles. The van der Waals surface area contributed by atoms with Crippen LogP contribution in [0.2, 0.25) is 0 Å². The Hall–Kier alpha value is -2.04. The number of nitrogens with two attached hydrogens (primary N) is 1. The number of hydrogen-bond donors (Lipinski definition) is 1. The van der Waals surface area contributed by atoms with Crippen molar-refractivity contribution in [3.63, 3.8) is 0 Å². The Balaban J connectivity index is 2.32. The molecule has 0 unspecified atom stereocenters. The number of aromatic nitrogens is 3. The molecule has 0 spiro atoms. The summed E-state index contributed by atoms with van der Waals surface area (Å²) in [5.41, 5.74) is 7.49. The van der Waals surface area contributed by atoms with E-state index in [2.05, 4.69) is 10.1 Å². The van der Waals surface area contributed by atoms with Crippen LogP contribution in [-0.2, 0) is 0 Å². The Morgan fingerprint density at radius 3 is 2.71 bits per heavy atom. The van der Waals surface area contributed by atoms with Crippen LogP contribution >= 0.6 is 0 Å². The SMILES string of the molecule is Cc1cn(-c2cncc(OC(C)C)c2)nc1N. The molecule has 0 atom stereocenters. The number of nitrogen functional groups attached to an aromatic ring is 1. The Labute approximate surface area is 100 Å². The molecule has 2 heterocycles. The molecule has 0 bridgehead atoms. The highest BCUT2D eigenvalue weighted by Gasteiger charge is 2.05. The van der Waals surface area contributed by atoms with Crippen molar-refractivity contribution in [3.8, 4) is 11.4 Å². The first-order valence-electron chi connectivity index (χ1n) is 5.50. The molecule has 0 amide bonds. The Morgan fingerprint density at radius 1 is 1.35 bits per heavy atom. The predicted octanol–water partition coefficient (Wildman–Crippen LogP) is 1.95. The third kappa shape index (κ3) is 2.55. The summed E-state index contributed by atoms with van der Waals surface area (Å²) < 4.78 is 7.28. The van der Waals surface area contributed by atoms with E-state index in [4.69, 9.17) is 10.5 Å². The molecule has 0 saturated carbocycles. The summed E-state index contributed by atoms with van der Waals surface area (Å²) in [4.78, 5) is 4.13. The molecule has 90 valence electrons. The highest BCUT2D eigenvalue weighted by Crippen LogP contribution is 2.17. The van der Waals surface area contributed by atoms with Gasteiger partial charge in [0.2, 0.25) is 0 Å². The molecule has 0 fully saturated rings. The van der Waals surface area contributed by atoms with Gasteiger partial charge in [0.05, 0.1) is 24.2 Å². The lowest BCUT2D eigenvalue weighted by Gasteiger charge is -2.10. The van der Waals surface area contributed by atoms with Crippen molar-refractivity contribution in [1.82, 2.24) is 14.8 Å². The van der Waals surface area contributed by atoms with Gasteiger partial charge in [-0.3, -0.25) is 4.98 Å². The smallest absolute Gasteiger partial charge is 0.148 e. The van der Waals surface area contributed by atoms with E-state index in [0.29, 0.717) is 5.82 Å². The molecular formula is C12H16N4O. The maximum atomic E-state index is 5.71. The van der Waals surface area contributed by atoms with Crippen LogP contribution in [0.3, 0.4) is 0 Å². The molecule has 17 heavy (non-hydrogen) atoms. The molecule has 0 radical (unpaired) electrons. The first-order valence-corrected chi connectivity index (χ1v) is 5.50. The summed E-state index contributed by atoms with van der Waals surface area (Å²) in [6, 6.07) is 1.89. The zero-order chi connectivity index (χ0) is 12.4. The minimum absolute atomic E-state index is 0.122. The van der Waals surface area contributed by atoms with Gasteiger partial charge >= 0.3 is 0 Å². The Bertz CT molecular complexity index is 499. The summed E-state index contributed by atoms with van der Waals surface area (Å²) in [5.74, 6) is 1.25. The van der Waals surface area contributed by atoms with E-state index in [1.54, 1.807) is 17.1 Å². The van der Waals surface area contributed by atoms with Crippen LogP contribution in [0.25, 0.3) is 5.69 Å². The first-order chi connectivity index (χ1) is 8.06. The largest absolute Gasteiger partial charge is 0.489 e. The summed E-state index contributed by atoms with van der Waals surface area (Å²) in [6.45, 7) is 5.87. The van der Waals surface area contributed by atoms with Gasteiger partial charge in [-0.25, -0.2) is 4.68 Å². The van der Waals surface area contributed by atoms with Crippen molar-refractivity contribution in [2.45, 2.75) is 26.9 Å². The van der Waals surface area contributed by atoms with E-state index in [-0.39, 0.29) is 6.10 Å². The van der Waals surface area contributed by atoms with E-state index < -0.39 is 0 Å². The number of hydrogen-bond acceptors (Lipinski definition) is 4. The van der Waals surface area contributed by atoms with Crippen molar-refractivity contribution in [3.05, 3.63) is 30.2 Å². The second kappa shape index (κ2) is 4.45. The van der Waals surface area contributed by atoms with Crippen LogP contribution < -0.4 is 10.5 Å². The normalized spacial score (nSPS) is 10.8. The molecule has 5 heteroatoms. The van der Waals surface area contributed by atoms with E-state index in [0.717, 1.165) is 17.0 Å². The van der Waals surface area contributed by atoms with Gasteiger partial charge in [0, 0.05) is 17.8 Å². The van der Waals surface area contributed by atoms with Crippen molar-refractivity contribution < 1.29 is 4.74 Å². The number of rotatable bonds is 3. The summed E-state index contributed by atoms with van der Waals surface area (Å²) in [7, 11) is 0. The van der Waals surface area contributed by atoms with Gasteiger partial charge in [-0.15, -0.1) is 0 Å². The highest BCUT2D eigenvalue weighted by atomic mass is 16.5. The molecule has 2 rings (SSSR count). The fourth-order valence-corrected chi connectivity index (χ4v) is 1.47. The third-order valence-corrected chi connectivity index (χ3v) is 2.27. The molecular weight excluding hydrogens is 216 g/mol. The second-order valence-electron chi connectivity index (χ2n) is 4.19. The van der Waals surface area contributed by atoms with Gasteiger partial charge in [-0.1, -0.05) is 0 Å². The summed E-state index contributed by atoms with van der Waals surface area (Å²) in [5, 5.41) is 4.20. The number of ether oxygens (including phenoxy) is 1. The molecule has 2 aromatic heterocycles. The monoisotopic (exact) mass is 232 g/mol. The topological polar surface area (TPSA) is 66.0 Å². The van der Waals surface area contributed by atoms with Gasteiger partial charge in [0.25, 0.3) is 0 Å². The van der Waals surface area contributed by atoms with Crippen LogP contribution in [0, 0.1) is 6.92 Å². The van der Waals surface area contributed by atoms with Gasteiger partial charge in [-0.05, 0) is 20.8 Å². The van der Waals surface area contributed by atoms with Crippen LogP contribution in [-0.4, -0.2) is 20.9 Å². The maximum absolute atomic E-state index is 5.71. The minimum Gasteiger partial charge on any atom is -0.489 e. The number of pyridine rings is 1. The van der Waals surface area contributed by atoms with Gasteiger partial charge in [0.15, 0.2) is 0 Å². The standard InChI is InChI=1S/C12H16N4O/c1-8(2)17-11-4-10(5-14-6-11)16-7-9(3)12(13)15-16/h4-8H,1-3H3,(H2,13,15). The molecule has 0 aliphatic rings. The zero-order valence-corrected chi connectivity index (χ0v) is 10.2. The molecule has 5 nitrogen and oxygen atoms in total. The van der Waals surface area contributed by atoms with Crippen LogP contribution in [0.5, 0.6) is 5.75 Å². The quantitative estimate of drug-likeness (QED) is 0.878. The molecule has 0 saturated heterocycles. The average molecular weight is 232 g/mol. The lowest BCUT2D eigenvalue weighted by molar-refractivity contribution is 0.241. The molecule has 0 aliphatic carbocycles. The highest BCUT2D eigenvalue weighted by molar-refractivity contribution is 5.41. The van der Waals surface area contributed by atoms with Crippen LogP contribution in [0.4, 0.5) is 5.82 Å². The van der Waals surface area contributed by atoms with Crippen molar-refractivity contribution in [2.24, 2.45) is 0 Å². The fraction of sp³-hybridized carbons (Fsp3) is 0.333. The lowest BCUT2D eigenvalue weighted by atomic mass is 10.3. The summed E-state index contributed by atoms with van der Waals surface area (Å²) >= 11 is 0. The lowest BCUT2D eigenvalue weighted by Crippen LogP contribution is -2.06. The number of anilines is 1. The van der Waals surface area contributed by atoms with Gasteiger partial charge in [0.1, 0.15) is 11.6 Å². The molecule has 0 aromatic carbocycles. The number of aryl methyl sites for hydroxylation is 1. The van der Waals surface area contributed by atoms with Gasteiger partial charge in [-0.2, -0.15) is 5.10 Å². The van der Waals surface area contributed by atoms with Crippen molar-refractivity contribution >= 4 is 5.82 Å². The van der Waals surface area contributed by atoms with E-state index in [1.165, 1.54) is 0 Å². The minimum atomic E-state index is 0.122. The Kier molecular flexibility index (Phi) is 2.99. The van der Waals surface area contributed by atoms with Crippen molar-refractivity contribution in [2.75, 3.05) is 5.73 Å². The maximum Gasteiger partial charge on any atom is 0.148 e. The van der Waals surface area contributed by atoms with E-state index in [9.17, 15) is 0 Å². The predicted molar refractivity (Wildman–Crippen MR) is 66.3 cm³/mol. The fourth-order valence-electron chi connectivity index (χ4n) is 1.47. The Morgan fingerprint density at radius 2 is 2.12 bits per heavy atom.